The molecule has 2 aromatic carbocycles. The van der Waals surface area contributed by atoms with Crippen molar-refractivity contribution in [3.05, 3.63) is 63.7 Å². The van der Waals surface area contributed by atoms with Crippen molar-refractivity contribution in [2.24, 2.45) is 5.92 Å². The van der Waals surface area contributed by atoms with E-state index in [2.05, 4.69) is 5.10 Å². The molecule has 6 nitrogen and oxygen atoms in total. The van der Waals surface area contributed by atoms with Crippen LogP contribution < -0.4 is 16.4 Å². The molecule has 0 amide bonds. The predicted molar refractivity (Wildman–Crippen MR) is 123 cm³/mol. The van der Waals surface area contributed by atoms with Crippen molar-refractivity contribution in [2.45, 2.75) is 51.4 Å². The van der Waals surface area contributed by atoms with E-state index in [9.17, 15) is 19.5 Å². The lowest BCUT2D eigenvalue weighted by molar-refractivity contribution is 0.465. The number of nitrogens with one attached hydrogen (secondary N) is 1. The maximum absolute atomic E-state index is 13.2. The fourth-order valence-corrected chi connectivity index (χ4v) is 5.46. The number of unbranched alkanes of at least 4 members (excludes halogenated alkanes) is 1. The Balaban J connectivity index is 1.71. The molecule has 0 bridgehead atoms. The van der Waals surface area contributed by atoms with Gasteiger partial charge in [0.25, 0.3) is 11.0 Å². The Bertz CT molecular complexity index is 1240. The second-order valence-electron chi connectivity index (χ2n) is 8.10. The summed E-state index contributed by atoms with van der Waals surface area (Å²) in [6, 6.07) is 2.90. The second-order valence-corrected chi connectivity index (χ2v) is 9.35. The number of aromatic amines is 1. The van der Waals surface area contributed by atoms with Gasteiger partial charge in [0.15, 0.2) is 5.75 Å². The molecule has 0 radical (unpaired) electrons. The van der Waals surface area contributed by atoms with Gasteiger partial charge in [0.1, 0.15) is 5.69 Å². The highest BCUT2D eigenvalue weighted by atomic mass is 35.5. The van der Waals surface area contributed by atoms with Gasteiger partial charge >= 0.3 is 0 Å². The molecule has 0 atom stereocenters. The number of rotatable bonds is 7. The maximum Gasteiger partial charge on any atom is 0.279 e. The Hall–Kier alpha value is -2.02. The fraction of sp³-hybridized carbons (Fsp3) is 0.409. The van der Waals surface area contributed by atoms with Gasteiger partial charge in [-0.25, -0.2) is 4.68 Å². The Labute approximate surface area is 193 Å². The van der Waals surface area contributed by atoms with E-state index in [4.69, 9.17) is 34.8 Å². The lowest BCUT2D eigenvalue weighted by atomic mass is 9.96. The van der Waals surface area contributed by atoms with Crippen LogP contribution in [0.1, 0.15) is 50.6 Å². The standard InChI is InChI=1S/C22H21Cl3N2O4/c23-12-9-13(24)18(14(25)10-12)27-22(31)16(17-19(28)21(30)20(17)29)15(26-27)8-4-3-7-11-5-1-2-6-11/h9-11,26,28H,1-8H2. The van der Waals surface area contributed by atoms with Crippen molar-refractivity contribution in [1.82, 2.24) is 9.78 Å². The number of benzene rings is 1. The molecule has 1 saturated carbocycles. The molecule has 0 saturated heterocycles. The van der Waals surface area contributed by atoms with Crippen LogP contribution in [0.2, 0.25) is 15.1 Å². The summed E-state index contributed by atoms with van der Waals surface area (Å²) in [5.74, 6) is 0.0705. The number of hydrogen-bond donors (Lipinski definition) is 2. The lowest BCUT2D eigenvalue weighted by Crippen LogP contribution is -2.33. The second kappa shape index (κ2) is 8.85. The molecule has 31 heavy (non-hydrogen) atoms. The zero-order chi connectivity index (χ0) is 22.3. The van der Waals surface area contributed by atoms with Crippen molar-refractivity contribution in [2.75, 3.05) is 0 Å². The molecule has 1 aliphatic carbocycles. The molecule has 164 valence electrons. The summed E-state index contributed by atoms with van der Waals surface area (Å²) in [5, 5.41) is 13.6. The fourth-order valence-electron chi connectivity index (χ4n) is 4.47. The summed E-state index contributed by atoms with van der Waals surface area (Å²) in [6.45, 7) is 0. The van der Waals surface area contributed by atoms with Gasteiger partial charge in [0.05, 0.1) is 21.2 Å². The first kappa shape index (κ1) is 22.2. The summed E-state index contributed by atoms with van der Waals surface area (Å²) < 4.78 is 1.14. The van der Waals surface area contributed by atoms with Crippen LogP contribution in [0.5, 0.6) is 5.75 Å². The lowest BCUT2D eigenvalue weighted by Gasteiger charge is -2.09. The molecule has 2 N–H and O–H groups in total. The third-order valence-corrected chi connectivity index (χ3v) is 6.86. The molecule has 1 aromatic heterocycles. The molecule has 9 heteroatoms. The smallest absolute Gasteiger partial charge is 0.279 e. The SMILES string of the molecule is O=c1c(O)c(-c2c(CCCCC3CCCC3)[nH]n(-c3c(Cl)cc(Cl)cc3Cl)c2=O)c1=O. The number of nitrogens with zero attached hydrogens (tertiary/aromatic N) is 1. The van der Waals surface area contributed by atoms with E-state index in [1.165, 1.54) is 37.8 Å². The minimum Gasteiger partial charge on any atom is -0.503 e. The first-order valence-corrected chi connectivity index (χ1v) is 11.4. The summed E-state index contributed by atoms with van der Waals surface area (Å²) in [6.07, 6.45) is 8.49. The number of aromatic hydroxyl groups is 1. The number of aromatic nitrogens is 2. The molecular weight excluding hydrogens is 463 g/mol. The van der Waals surface area contributed by atoms with E-state index in [-0.39, 0.29) is 26.9 Å². The van der Waals surface area contributed by atoms with Crippen molar-refractivity contribution in [3.8, 4) is 22.6 Å². The third-order valence-electron chi connectivity index (χ3n) is 6.07. The highest BCUT2D eigenvalue weighted by molar-refractivity contribution is 6.40. The number of hydrogen-bond acceptors (Lipinski definition) is 4. The predicted octanol–water partition coefficient (Wildman–Crippen LogP) is 5.00. The van der Waals surface area contributed by atoms with E-state index in [1.807, 2.05) is 0 Å². The zero-order valence-electron chi connectivity index (χ0n) is 16.6. The van der Waals surface area contributed by atoms with Gasteiger partial charge in [-0.05, 0) is 30.9 Å². The van der Waals surface area contributed by atoms with E-state index in [0.29, 0.717) is 17.1 Å². The molecule has 0 spiro atoms. The quantitative estimate of drug-likeness (QED) is 0.365. The monoisotopic (exact) mass is 482 g/mol. The Morgan fingerprint density at radius 3 is 2.23 bits per heavy atom. The normalized spacial score (nSPS) is 14.7. The highest BCUT2D eigenvalue weighted by Crippen LogP contribution is 2.33. The minimum atomic E-state index is -0.989. The topological polar surface area (TPSA) is 92.2 Å². The van der Waals surface area contributed by atoms with Crippen molar-refractivity contribution in [3.63, 3.8) is 0 Å². The summed E-state index contributed by atoms with van der Waals surface area (Å²) in [4.78, 5) is 36.9. The van der Waals surface area contributed by atoms with Crippen LogP contribution in [0.15, 0.2) is 26.5 Å². The average molecular weight is 484 g/mol. The zero-order valence-corrected chi connectivity index (χ0v) is 18.9. The molecule has 4 rings (SSSR count). The number of aryl methyl sites for hydroxylation is 1. The van der Waals surface area contributed by atoms with Crippen LogP contribution >= 0.6 is 34.8 Å². The molecule has 0 aliphatic heterocycles. The van der Waals surface area contributed by atoms with Gasteiger partial charge in [-0.3, -0.25) is 19.5 Å². The number of halogens is 3. The molecule has 1 aliphatic rings. The highest BCUT2D eigenvalue weighted by Gasteiger charge is 2.29. The first-order valence-electron chi connectivity index (χ1n) is 10.3. The van der Waals surface area contributed by atoms with Crippen LogP contribution in [-0.2, 0) is 6.42 Å². The molecule has 3 aromatic rings. The van der Waals surface area contributed by atoms with Gasteiger partial charge in [0, 0.05) is 10.7 Å². The Morgan fingerprint density at radius 1 is 0.968 bits per heavy atom. The van der Waals surface area contributed by atoms with Gasteiger partial charge in [-0.2, -0.15) is 0 Å². The van der Waals surface area contributed by atoms with E-state index < -0.39 is 22.2 Å². The number of H-pyrrole nitrogens is 1. The van der Waals surface area contributed by atoms with Crippen LogP contribution in [0.3, 0.4) is 0 Å². The van der Waals surface area contributed by atoms with Crippen LogP contribution in [0.25, 0.3) is 16.8 Å². The van der Waals surface area contributed by atoms with Gasteiger partial charge in [-0.15, -0.1) is 0 Å². The van der Waals surface area contributed by atoms with Crippen LogP contribution in [0.4, 0.5) is 0 Å². The third kappa shape index (κ3) is 4.09. The Kier molecular flexibility index (Phi) is 6.33. The average Bonchev–Trinajstić information content (AvgIpc) is 3.34. The molecular formula is C22H21Cl3N2O4. The first-order chi connectivity index (χ1) is 14.8. The maximum atomic E-state index is 13.2. The van der Waals surface area contributed by atoms with E-state index in [1.54, 1.807) is 0 Å². The molecule has 1 heterocycles. The summed E-state index contributed by atoms with van der Waals surface area (Å²) in [7, 11) is 0. The summed E-state index contributed by atoms with van der Waals surface area (Å²) >= 11 is 18.5. The molecule has 1 fully saturated rings. The van der Waals surface area contributed by atoms with Crippen molar-refractivity contribution < 1.29 is 5.11 Å². The van der Waals surface area contributed by atoms with Gasteiger partial charge in [0.2, 0.25) is 5.43 Å². The van der Waals surface area contributed by atoms with Gasteiger partial charge < -0.3 is 5.11 Å². The largest absolute Gasteiger partial charge is 0.503 e. The van der Waals surface area contributed by atoms with Crippen molar-refractivity contribution >= 4 is 34.8 Å². The van der Waals surface area contributed by atoms with Crippen LogP contribution in [0, 0.1) is 5.92 Å². The van der Waals surface area contributed by atoms with Gasteiger partial charge in [-0.1, -0.05) is 73.3 Å². The van der Waals surface area contributed by atoms with E-state index in [0.717, 1.165) is 29.9 Å². The van der Waals surface area contributed by atoms with Crippen LogP contribution in [-0.4, -0.2) is 14.9 Å². The van der Waals surface area contributed by atoms with Crippen molar-refractivity contribution in [1.29, 1.82) is 0 Å². The summed E-state index contributed by atoms with van der Waals surface area (Å²) in [5.41, 5.74) is -2.09. The molecule has 0 unspecified atom stereocenters. The van der Waals surface area contributed by atoms with E-state index >= 15 is 0 Å². The minimum absolute atomic E-state index is 0.00921. The Morgan fingerprint density at radius 2 is 1.61 bits per heavy atom.